The highest BCUT2D eigenvalue weighted by Crippen LogP contribution is 2.30. The largest absolute Gasteiger partial charge is 0.497 e. The predicted octanol–water partition coefficient (Wildman–Crippen LogP) is 1.61. The topological polar surface area (TPSA) is 69.6 Å². The fourth-order valence-electron chi connectivity index (χ4n) is 2.92. The summed E-state index contributed by atoms with van der Waals surface area (Å²) < 4.78 is 12.5. The minimum Gasteiger partial charge on any atom is -0.497 e. The van der Waals surface area contributed by atoms with Crippen LogP contribution in [0.4, 0.5) is 0 Å². The highest BCUT2D eigenvalue weighted by atomic mass is 16.5. The molecule has 0 saturated heterocycles. The summed E-state index contributed by atoms with van der Waals surface area (Å²) in [5, 5.41) is 2.94. The van der Waals surface area contributed by atoms with Gasteiger partial charge in [0.2, 0.25) is 11.5 Å². The molecule has 0 saturated carbocycles. The van der Waals surface area contributed by atoms with E-state index < -0.39 is 0 Å². The molecule has 25 heavy (non-hydrogen) atoms. The lowest BCUT2D eigenvalue weighted by atomic mass is 9.96. The molecule has 0 aliphatic carbocycles. The number of pyridine rings is 1. The first-order valence-electron chi connectivity index (χ1n) is 8.40. The second kappa shape index (κ2) is 7.88. The van der Waals surface area contributed by atoms with Crippen LogP contribution < -0.4 is 20.3 Å². The number of benzene rings is 1. The van der Waals surface area contributed by atoms with Gasteiger partial charge in [-0.05, 0) is 42.7 Å². The van der Waals surface area contributed by atoms with E-state index in [0.717, 1.165) is 17.1 Å². The third-order valence-corrected chi connectivity index (χ3v) is 4.32. The minimum absolute atomic E-state index is 0.0196. The molecule has 2 aromatic rings. The number of nitrogens with zero attached hydrogens (tertiary/aromatic N) is 1. The molecule has 1 aliphatic heterocycles. The minimum atomic E-state index is -0.209. The van der Waals surface area contributed by atoms with Crippen molar-refractivity contribution in [2.45, 2.75) is 19.4 Å². The number of ether oxygens (including phenoxy) is 2. The average Bonchev–Trinajstić information content (AvgIpc) is 2.65. The Balaban J connectivity index is 1.49. The number of carbonyl (C=O) groups excluding carboxylic acids is 1. The van der Waals surface area contributed by atoms with E-state index in [2.05, 4.69) is 5.32 Å². The van der Waals surface area contributed by atoms with Crippen LogP contribution in [0.3, 0.4) is 0 Å². The van der Waals surface area contributed by atoms with Gasteiger partial charge in [0, 0.05) is 25.4 Å². The van der Waals surface area contributed by atoms with Crippen LogP contribution in [-0.2, 0) is 17.8 Å². The van der Waals surface area contributed by atoms with Crippen LogP contribution in [0.2, 0.25) is 0 Å². The molecule has 0 bridgehead atoms. The Hall–Kier alpha value is -2.76. The summed E-state index contributed by atoms with van der Waals surface area (Å²) in [6.45, 7) is 1.49. The molecule has 1 aromatic heterocycles. The number of carbonyl (C=O) groups is 1. The number of amides is 1. The van der Waals surface area contributed by atoms with E-state index in [1.54, 1.807) is 23.9 Å². The molecule has 2 heterocycles. The zero-order valence-electron chi connectivity index (χ0n) is 14.2. The molecule has 1 amide bonds. The van der Waals surface area contributed by atoms with Crippen molar-refractivity contribution in [1.29, 1.82) is 0 Å². The first-order valence-corrected chi connectivity index (χ1v) is 8.40. The maximum atomic E-state index is 12.3. The van der Waals surface area contributed by atoms with Gasteiger partial charge >= 0.3 is 0 Å². The lowest BCUT2D eigenvalue weighted by Gasteiger charge is -2.25. The Labute approximate surface area is 146 Å². The molecule has 1 N–H and O–H groups in total. The van der Waals surface area contributed by atoms with Gasteiger partial charge in [-0.3, -0.25) is 9.59 Å². The molecule has 0 fully saturated rings. The Morgan fingerprint density at radius 2 is 2.24 bits per heavy atom. The van der Waals surface area contributed by atoms with E-state index >= 15 is 0 Å². The highest BCUT2D eigenvalue weighted by molar-refractivity contribution is 5.79. The van der Waals surface area contributed by atoms with E-state index in [0.29, 0.717) is 32.5 Å². The van der Waals surface area contributed by atoms with Crippen LogP contribution in [0.15, 0.2) is 47.4 Å². The second-order valence-corrected chi connectivity index (χ2v) is 6.06. The van der Waals surface area contributed by atoms with Gasteiger partial charge in [-0.2, -0.15) is 0 Å². The Morgan fingerprint density at radius 3 is 3.04 bits per heavy atom. The summed E-state index contributed by atoms with van der Waals surface area (Å²) >= 11 is 0. The zero-order valence-corrected chi connectivity index (χ0v) is 14.2. The van der Waals surface area contributed by atoms with Crippen molar-refractivity contribution in [3.63, 3.8) is 0 Å². The van der Waals surface area contributed by atoms with Crippen LogP contribution in [0.5, 0.6) is 11.5 Å². The van der Waals surface area contributed by atoms with E-state index in [9.17, 15) is 9.59 Å². The van der Waals surface area contributed by atoms with Gasteiger partial charge in [0.25, 0.3) is 0 Å². The molecule has 3 rings (SSSR count). The zero-order chi connectivity index (χ0) is 17.6. The van der Waals surface area contributed by atoms with Gasteiger partial charge in [-0.1, -0.05) is 6.07 Å². The van der Waals surface area contributed by atoms with Gasteiger partial charge in [-0.15, -0.1) is 0 Å². The van der Waals surface area contributed by atoms with Crippen LogP contribution in [0, 0.1) is 5.92 Å². The number of hydrogen-bond donors (Lipinski definition) is 1. The maximum Gasteiger partial charge on any atom is 0.250 e. The number of rotatable bonds is 6. The monoisotopic (exact) mass is 342 g/mol. The van der Waals surface area contributed by atoms with E-state index in [4.69, 9.17) is 9.47 Å². The third kappa shape index (κ3) is 4.21. The summed E-state index contributed by atoms with van der Waals surface area (Å²) in [6.07, 6.45) is 3.09. The molecule has 0 unspecified atom stereocenters. The summed E-state index contributed by atoms with van der Waals surface area (Å²) in [4.78, 5) is 24.0. The van der Waals surface area contributed by atoms with Crippen LogP contribution >= 0.6 is 0 Å². The summed E-state index contributed by atoms with van der Waals surface area (Å²) in [5.74, 6) is 1.35. The van der Waals surface area contributed by atoms with Crippen molar-refractivity contribution >= 4 is 5.91 Å². The van der Waals surface area contributed by atoms with E-state index in [1.807, 2.05) is 24.3 Å². The Bertz CT molecular complexity index is 800. The van der Waals surface area contributed by atoms with Gasteiger partial charge in [-0.25, -0.2) is 0 Å². The number of fused-ring (bicyclic) bond motifs is 1. The molecule has 1 aromatic carbocycles. The van der Waals surface area contributed by atoms with E-state index in [1.165, 1.54) is 6.07 Å². The standard InChI is InChI=1S/C19H22N2O4/c1-24-16-6-7-17-14(12-16)11-15(13-25-17)19(23)20-8-4-10-21-9-3-2-5-18(21)22/h2-3,5-7,9,12,15H,4,8,10-11,13H2,1H3,(H,20,23)/t15-/m0/s1. The molecular formula is C19H22N2O4. The second-order valence-electron chi connectivity index (χ2n) is 6.06. The van der Waals surface area contributed by atoms with Gasteiger partial charge < -0.3 is 19.4 Å². The Morgan fingerprint density at radius 1 is 1.36 bits per heavy atom. The van der Waals surface area contributed by atoms with Crippen molar-refractivity contribution in [3.8, 4) is 11.5 Å². The molecule has 6 heteroatoms. The molecular weight excluding hydrogens is 320 g/mol. The molecule has 1 atom stereocenters. The van der Waals surface area contributed by atoms with Crippen molar-refractivity contribution in [1.82, 2.24) is 9.88 Å². The predicted molar refractivity (Wildman–Crippen MR) is 94.0 cm³/mol. The highest BCUT2D eigenvalue weighted by Gasteiger charge is 2.26. The van der Waals surface area contributed by atoms with Gasteiger partial charge in [0.1, 0.15) is 18.1 Å². The molecule has 132 valence electrons. The molecule has 0 radical (unpaired) electrons. The quantitative estimate of drug-likeness (QED) is 0.810. The SMILES string of the molecule is COc1ccc2c(c1)C[C@H](C(=O)NCCCn1ccccc1=O)CO2. The first-order chi connectivity index (χ1) is 12.2. The number of nitrogens with one attached hydrogen (secondary N) is 1. The van der Waals surface area contributed by atoms with E-state index in [-0.39, 0.29) is 17.4 Å². The third-order valence-electron chi connectivity index (χ3n) is 4.32. The number of methoxy groups -OCH3 is 1. The molecule has 1 aliphatic rings. The summed E-state index contributed by atoms with van der Waals surface area (Å²) in [5.41, 5.74) is 0.960. The van der Waals surface area contributed by atoms with Crippen molar-refractivity contribution in [3.05, 3.63) is 58.5 Å². The summed E-state index contributed by atoms with van der Waals surface area (Å²) in [7, 11) is 1.62. The number of aromatic nitrogens is 1. The lowest BCUT2D eigenvalue weighted by molar-refractivity contribution is -0.126. The molecule has 0 spiro atoms. The normalized spacial score (nSPS) is 15.8. The van der Waals surface area contributed by atoms with Crippen molar-refractivity contribution in [2.75, 3.05) is 20.3 Å². The Kier molecular flexibility index (Phi) is 5.38. The maximum absolute atomic E-state index is 12.3. The van der Waals surface area contributed by atoms with Crippen molar-refractivity contribution in [2.24, 2.45) is 5.92 Å². The van der Waals surface area contributed by atoms with Crippen molar-refractivity contribution < 1.29 is 14.3 Å². The van der Waals surface area contributed by atoms with Crippen LogP contribution in [-0.4, -0.2) is 30.7 Å². The number of aryl methyl sites for hydroxylation is 1. The van der Waals surface area contributed by atoms with Crippen LogP contribution in [0.25, 0.3) is 0 Å². The van der Waals surface area contributed by atoms with Gasteiger partial charge in [0.15, 0.2) is 0 Å². The first kappa shape index (κ1) is 17.1. The number of hydrogen-bond acceptors (Lipinski definition) is 4. The smallest absolute Gasteiger partial charge is 0.250 e. The lowest BCUT2D eigenvalue weighted by Crippen LogP contribution is -2.38. The summed E-state index contributed by atoms with van der Waals surface area (Å²) in [6, 6.07) is 10.7. The van der Waals surface area contributed by atoms with Gasteiger partial charge in [0.05, 0.1) is 13.0 Å². The fraction of sp³-hybridized carbons (Fsp3) is 0.368. The fourth-order valence-corrected chi connectivity index (χ4v) is 2.92. The average molecular weight is 342 g/mol. The van der Waals surface area contributed by atoms with Crippen LogP contribution in [0.1, 0.15) is 12.0 Å². The molecule has 6 nitrogen and oxygen atoms in total.